The zero-order valence-corrected chi connectivity index (χ0v) is 43.8. The standard InChI is InChI=1S/C8H8S2.C7H4O2S2.C6Br4S2.C6H2Br2S2.C2H4O2.3CH4.Br2/c1-5-3-9-8-6(2)4-10-7(5)8;8-7(9)6-3-5-4(11-6)1-2-10-5;7-1-3-4(12-5(1)9)2(8)6(10)11-3;7-3-1-9-6-4(8)2-10-5(3)6;1-2(3)4;;;;1-2/h3-4H,1-2H3;1-3H,(H,8,9);;1-2H;1H3,(H,3,4);3*1H4;. The summed E-state index contributed by atoms with van der Waals surface area (Å²) in [7, 11) is 0. The van der Waals surface area contributed by atoms with Crippen LogP contribution >= 0.6 is 215 Å². The molecule has 8 aromatic heterocycles. The van der Waals surface area contributed by atoms with Crippen LogP contribution in [0.25, 0.3) is 37.6 Å². The van der Waals surface area contributed by atoms with E-state index in [9.17, 15) is 4.79 Å². The van der Waals surface area contributed by atoms with Crippen LogP contribution in [0, 0.1) is 13.8 Å². The number of carboxylic acid groups (broad SMARTS) is 2. The van der Waals surface area contributed by atoms with Crippen molar-refractivity contribution in [2.24, 2.45) is 0 Å². The minimum absolute atomic E-state index is 0. The molecule has 0 aliphatic rings. The number of carboxylic acids is 2. The van der Waals surface area contributed by atoms with Crippen molar-refractivity contribution < 1.29 is 19.8 Å². The lowest BCUT2D eigenvalue weighted by Crippen LogP contribution is -1.89. The molecule has 0 atom stereocenters. The van der Waals surface area contributed by atoms with Crippen LogP contribution < -0.4 is 0 Å². The highest BCUT2D eigenvalue weighted by molar-refractivity contribution is 9.93. The van der Waals surface area contributed by atoms with Gasteiger partial charge in [0.05, 0.1) is 35.3 Å². The molecular formula is C32H30Br8O4S8. The zero-order valence-electron chi connectivity index (χ0n) is 24.5. The third-order valence-corrected chi connectivity index (χ3v) is 22.3. The lowest BCUT2D eigenvalue weighted by atomic mass is 10.3. The minimum Gasteiger partial charge on any atom is -0.481 e. The number of aromatic carboxylic acids is 1. The fourth-order valence-electron chi connectivity index (χ4n) is 3.52. The summed E-state index contributed by atoms with van der Waals surface area (Å²) < 4.78 is 17.4. The molecule has 8 rings (SSSR count). The first-order valence-corrected chi connectivity index (χ1v) is 28.0. The fourth-order valence-corrected chi connectivity index (χ4v) is 16.6. The van der Waals surface area contributed by atoms with Gasteiger partial charge in [0.1, 0.15) is 4.88 Å². The largest absolute Gasteiger partial charge is 0.481 e. The van der Waals surface area contributed by atoms with E-state index in [2.05, 4.69) is 159 Å². The molecule has 0 aliphatic heterocycles. The van der Waals surface area contributed by atoms with Gasteiger partial charge in [0, 0.05) is 73.7 Å². The smallest absolute Gasteiger partial charge is 0.345 e. The predicted octanol–water partition coefficient (Wildman–Crippen LogP) is 20.4. The van der Waals surface area contributed by atoms with Crippen molar-refractivity contribution in [3.8, 4) is 0 Å². The van der Waals surface area contributed by atoms with Gasteiger partial charge in [0.25, 0.3) is 5.97 Å². The van der Waals surface area contributed by atoms with Crippen LogP contribution in [0.4, 0.5) is 0 Å². The van der Waals surface area contributed by atoms with E-state index in [1.165, 1.54) is 59.6 Å². The maximum atomic E-state index is 10.5. The molecule has 0 bridgehead atoms. The van der Waals surface area contributed by atoms with Gasteiger partial charge in [0.15, 0.2) is 0 Å². The molecule has 0 amide bonds. The molecule has 0 spiro atoms. The second-order valence-electron chi connectivity index (χ2n) is 8.94. The molecule has 0 saturated carbocycles. The molecule has 0 unspecified atom stereocenters. The van der Waals surface area contributed by atoms with E-state index in [-0.39, 0.29) is 22.3 Å². The average molecular weight is 1370 g/mol. The highest BCUT2D eigenvalue weighted by atomic mass is 80.9. The van der Waals surface area contributed by atoms with Crippen LogP contribution in [0.1, 0.15) is 50.0 Å². The Labute approximate surface area is 401 Å². The number of halogens is 8. The molecule has 2 N–H and O–H groups in total. The van der Waals surface area contributed by atoms with Crippen molar-refractivity contribution in [2.75, 3.05) is 0 Å². The Bertz CT molecular complexity index is 2080. The van der Waals surface area contributed by atoms with Crippen LogP contribution in [0.5, 0.6) is 0 Å². The second kappa shape index (κ2) is 25.7. The third-order valence-electron chi connectivity index (χ3n) is 5.51. The molecule has 0 radical (unpaired) electrons. The van der Waals surface area contributed by atoms with Crippen molar-refractivity contribution >= 4 is 264 Å². The summed E-state index contributed by atoms with van der Waals surface area (Å²) in [6, 6.07) is 3.66. The molecule has 0 saturated heterocycles. The van der Waals surface area contributed by atoms with E-state index in [1.54, 1.807) is 62.8 Å². The highest BCUT2D eigenvalue weighted by Gasteiger charge is 2.15. The lowest BCUT2D eigenvalue weighted by molar-refractivity contribution is -0.134. The van der Waals surface area contributed by atoms with E-state index in [0.717, 1.165) is 32.8 Å². The second-order valence-corrected chi connectivity index (χ2v) is 22.5. The van der Waals surface area contributed by atoms with E-state index >= 15 is 0 Å². The summed E-state index contributed by atoms with van der Waals surface area (Å²) in [6.07, 6.45) is 0. The van der Waals surface area contributed by atoms with E-state index in [1.807, 2.05) is 34.1 Å². The number of hydrogen-bond acceptors (Lipinski definition) is 10. The molecule has 0 aromatic carbocycles. The van der Waals surface area contributed by atoms with Crippen molar-refractivity contribution in [1.82, 2.24) is 0 Å². The number of rotatable bonds is 1. The van der Waals surface area contributed by atoms with Gasteiger partial charge >= 0.3 is 5.97 Å². The average Bonchev–Trinajstić information content (AvgIpc) is 3.91. The van der Waals surface area contributed by atoms with Gasteiger partial charge in [0.2, 0.25) is 0 Å². The Balaban J connectivity index is 0.000000624. The Morgan fingerprint density at radius 2 is 0.962 bits per heavy atom. The van der Waals surface area contributed by atoms with E-state index in [0.29, 0.717) is 4.88 Å². The number of carbonyl (C=O) groups is 2. The van der Waals surface area contributed by atoms with Gasteiger partial charge in [-0.2, -0.15) is 0 Å². The van der Waals surface area contributed by atoms with Crippen LogP contribution in [0.15, 0.2) is 64.5 Å². The SMILES string of the molecule is BrBr.Brc1csc2c(Br)csc12.Brc1sc2c(Br)c(Br)sc2c1Br.C.C.C.CC(=O)O.Cc1csc2c(C)csc12.O=C(O)c1cc2sccc2s1. The summed E-state index contributed by atoms with van der Waals surface area (Å²) in [5, 5.41) is 26.7. The van der Waals surface area contributed by atoms with Gasteiger partial charge in [-0.1, -0.05) is 22.3 Å². The monoisotopic (exact) mass is 1370 g/mol. The maximum Gasteiger partial charge on any atom is 0.345 e. The van der Waals surface area contributed by atoms with E-state index < -0.39 is 11.9 Å². The summed E-state index contributed by atoms with van der Waals surface area (Å²) in [5.74, 6) is -1.67. The normalized spacial score (nSPS) is 9.67. The summed E-state index contributed by atoms with van der Waals surface area (Å²) >= 11 is 40.1. The molecular weight excluding hydrogens is 1340 g/mol. The number of hydrogen-bond donors (Lipinski definition) is 2. The first-order chi connectivity index (χ1) is 23.2. The van der Waals surface area contributed by atoms with Crippen molar-refractivity contribution in [3.63, 3.8) is 0 Å². The summed E-state index contributed by atoms with van der Waals surface area (Å²) in [5.41, 5.74) is 2.86. The van der Waals surface area contributed by atoms with Crippen LogP contribution in [-0.4, -0.2) is 22.2 Å². The van der Waals surface area contributed by atoms with Gasteiger partial charge in [-0.3, -0.25) is 4.79 Å². The quantitative estimate of drug-likeness (QED) is 0.172. The highest BCUT2D eigenvalue weighted by Crippen LogP contribution is 2.50. The number of thiophene rings is 8. The fraction of sp³-hybridized carbons (Fsp3) is 0.188. The summed E-state index contributed by atoms with van der Waals surface area (Å²) in [6.45, 7) is 5.43. The Morgan fingerprint density at radius 1 is 0.577 bits per heavy atom. The molecule has 8 heterocycles. The first-order valence-electron chi connectivity index (χ1n) is 12.7. The predicted molar refractivity (Wildman–Crippen MR) is 273 cm³/mol. The number of aryl methyl sites for hydroxylation is 2. The van der Waals surface area contributed by atoms with Gasteiger partial charge in [-0.05, 0) is 149 Å². The molecule has 4 nitrogen and oxygen atoms in total. The van der Waals surface area contributed by atoms with Gasteiger partial charge in [-0.25, -0.2) is 4.79 Å². The third kappa shape index (κ3) is 14.4. The van der Waals surface area contributed by atoms with Crippen LogP contribution in [0.3, 0.4) is 0 Å². The Kier molecular flexibility index (Phi) is 26.4. The minimum atomic E-state index is -0.835. The maximum absolute atomic E-state index is 10.5. The van der Waals surface area contributed by atoms with Crippen molar-refractivity contribution in [3.05, 3.63) is 80.5 Å². The van der Waals surface area contributed by atoms with E-state index in [4.69, 9.17) is 15.0 Å². The first kappa shape index (κ1) is 53.4. The molecule has 0 aliphatic carbocycles. The molecule has 8 aromatic rings. The zero-order chi connectivity index (χ0) is 36.6. The van der Waals surface area contributed by atoms with Crippen LogP contribution in [0.2, 0.25) is 0 Å². The van der Waals surface area contributed by atoms with Crippen LogP contribution in [-0.2, 0) is 4.79 Å². The van der Waals surface area contributed by atoms with Gasteiger partial charge < -0.3 is 10.2 Å². The summed E-state index contributed by atoms with van der Waals surface area (Å²) in [4.78, 5) is 19.9. The molecule has 20 heteroatoms. The topological polar surface area (TPSA) is 74.6 Å². The van der Waals surface area contributed by atoms with Crippen molar-refractivity contribution in [2.45, 2.75) is 43.1 Å². The number of fused-ring (bicyclic) bond motifs is 4. The molecule has 52 heavy (non-hydrogen) atoms. The molecule has 286 valence electrons. The Hall–Kier alpha value is 1.42. The lowest BCUT2D eigenvalue weighted by Gasteiger charge is -1.82. The molecule has 0 fully saturated rings. The Morgan fingerprint density at radius 3 is 1.33 bits per heavy atom. The van der Waals surface area contributed by atoms with Crippen molar-refractivity contribution in [1.29, 1.82) is 0 Å². The number of aliphatic carboxylic acids is 1. The van der Waals surface area contributed by atoms with Gasteiger partial charge in [-0.15, -0.1) is 90.7 Å².